The Labute approximate surface area is 131 Å². The normalized spacial score (nSPS) is 14.5. The Bertz CT molecular complexity index is 379. The molecule has 1 aromatic heterocycles. The first-order valence-electron chi connectivity index (χ1n) is 6.02. The number of guanidine groups is 1. The molecule has 6 nitrogen and oxygen atoms in total. The molecule has 2 N–H and O–H groups in total. The Hall–Kier alpha value is -0.830. The molecule has 110 valence electrons. The predicted molar refractivity (Wildman–Crippen MR) is 85.7 cm³/mol. The van der Waals surface area contributed by atoms with Crippen LogP contribution in [0, 0.1) is 0 Å². The van der Waals surface area contributed by atoms with Crippen LogP contribution in [0.2, 0.25) is 0 Å². The molecule has 19 heavy (non-hydrogen) atoms. The Balaban J connectivity index is 0.00000324. The van der Waals surface area contributed by atoms with Crippen molar-refractivity contribution in [2.24, 2.45) is 4.99 Å². The summed E-state index contributed by atoms with van der Waals surface area (Å²) < 4.78 is 4.78. The molecule has 0 amide bonds. The first-order chi connectivity index (χ1) is 8.48. The van der Waals surface area contributed by atoms with E-state index in [1.807, 2.05) is 24.9 Å². The molecule has 1 aromatic rings. The Morgan fingerprint density at radius 3 is 2.79 bits per heavy atom. The summed E-state index contributed by atoms with van der Waals surface area (Å²) in [6, 6.07) is 1.81. The summed E-state index contributed by atoms with van der Waals surface area (Å²) in [6.07, 6.45) is 2.23. The van der Waals surface area contributed by atoms with Gasteiger partial charge in [0, 0.05) is 26.7 Å². The molecule has 0 aliphatic heterocycles. The number of aliphatic hydroxyl groups is 1. The molecular formula is C12H23IN4O2. The van der Waals surface area contributed by atoms with Crippen molar-refractivity contribution < 1.29 is 9.63 Å². The topological polar surface area (TPSA) is 73.9 Å². The minimum absolute atomic E-state index is 0. The third-order valence-corrected chi connectivity index (χ3v) is 2.85. The first-order valence-corrected chi connectivity index (χ1v) is 6.02. The molecule has 0 radical (unpaired) electrons. The maximum Gasteiger partial charge on any atom is 0.193 e. The Morgan fingerprint density at radius 1 is 1.63 bits per heavy atom. The van der Waals surface area contributed by atoms with E-state index in [0.717, 1.165) is 5.69 Å². The van der Waals surface area contributed by atoms with E-state index in [-0.39, 0.29) is 24.0 Å². The van der Waals surface area contributed by atoms with Crippen LogP contribution < -0.4 is 5.32 Å². The van der Waals surface area contributed by atoms with E-state index in [2.05, 4.69) is 15.5 Å². The molecule has 1 unspecified atom stereocenters. The zero-order chi connectivity index (χ0) is 13.6. The molecule has 0 spiro atoms. The van der Waals surface area contributed by atoms with Gasteiger partial charge in [-0.25, -0.2) is 0 Å². The summed E-state index contributed by atoms with van der Waals surface area (Å²) in [6.45, 7) is 4.80. The van der Waals surface area contributed by atoms with Crippen molar-refractivity contribution >= 4 is 29.9 Å². The van der Waals surface area contributed by atoms with Gasteiger partial charge in [-0.3, -0.25) is 4.99 Å². The van der Waals surface area contributed by atoms with E-state index in [1.54, 1.807) is 20.2 Å². The van der Waals surface area contributed by atoms with Gasteiger partial charge in [0.2, 0.25) is 0 Å². The van der Waals surface area contributed by atoms with Crippen LogP contribution in [0.5, 0.6) is 0 Å². The summed E-state index contributed by atoms with van der Waals surface area (Å²) in [5, 5.41) is 16.9. The van der Waals surface area contributed by atoms with Crippen LogP contribution in [0.25, 0.3) is 0 Å². The highest BCUT2D eigenvalue weighted by Crippen LogP contribution is 2.06. The van der Waals surface area contributed by atoms with Gasteiger partial charge in [-0.1, -0.05) is 12.1 Å². The second-order valence-electron chi connectivity index (χ2n) is 4.60. The summed E-state index contributed by atoms with van der Waals surface area (Å²) in [7, 11) is 3.62. The minimum Gasteiger partial charge on any atom is -0.388 e. The van der Waals surface area contributed by atoms with E-state index in [1.165, 1.54) is 0 Å². The van der Waals surface area contributed by atoms with Crippen LogP contribution >= 0.6 is 24.0 Å². The lowest BCUT2D eigenvalue weighted by atomic mass is 10.0. The molecule has 0 saturated heterocycles. The average molecular weight is 382 g/mol. The Kier molecular flexibility index (Phi) is 8.00. The van der Waals surface area contributed by atoms with Gasteiger partial charge in [0.1, 0.15) is 12.0 Å². The SMILES string of the molecule is CCC(C)(O)CNC(=NC)N(C)Cc1ccon1.I. The van der Waals surface area contributed by atoms with E-state index < -0.39 is 5.60 Å². The molecule has 0 bridgehead atoms. The summed E-state index contributed by atoms with van der Waals surface area (Å²) in [4.78, 5) is 6.09. The highest BCUT2D eigenvalue weighted by Gasteiger charge is 2.18. The van der Waals surface area contributed by atoms with Crippen molar-refractivity contribution in [1.82, 2.24) is 15.4 Å². The standard InChI is InChI=1S/C12H22N4O2.HI/c1-5-12(2,17)9-14-11(13-3)16(4)8-10-6-7-18-15-10;/h6-7,17H,5,8-9H2,1-4H3,(H,13,14);1H. The van der Waals surface area contributed by atoms with Gasteiger partial charge in [0.15, 0.2) is 5.96 Å². The third kappa shape index (κ3) is 6.24. The largest absolute Gasteiger partial charge is 0.388 e. The van der Waals surface area contributed by atoms with Crippen LogP contribution in [-0.4, -0.2) is 47.4 Å². The molecule has 0 aliphatic rings. The molecule has 1 rings (SSSR count). The number of hydrogen-bond donors (Lipinski definition) is 2. The smallest absolute Gasteiger partial charge is 0.193 e. The number of rotatable bonds is 5. The predicted octanol–water partition coefficient (Wildman–Crippen LogP) is 1.46. The van der Waals surface area contributed by atoms with Crippen LogP contribution in [-0.2, 0) is 6.54 Å². The van der Waals surface area contributed by atoms with E-state index in [4.69, 9.17) is 4.52 Å². The van der Waals surface area contributed by atoms with Crippen molar-refractivity contribution in [1.29, 1.82) is 0 Å². The number of halogens is 1. The first kappa shape index (κ1) is 18.2. The molecule has 0 saturated carbocycles. The molecule has 0 aliphatic carbocycles. The van der Waals surface area contributed by atoms with Crippen molar-refractivity contribution in [3.8, 4) is 0 Å². The van der Waals surface area contributed by atoms with Gasteiger partial charge in [-0.05, 0) is 13.3 Å². The van der Waals surface area contributed by atoms with Gasteiger partial charge < -0.3 is 19.8 Å². The zero-order valence-corrected chi connectivity index (χ0v) is 14.2. The lowest BCUT2D eigenvalue weighted by molar-refractivity contribution is 0.0598. The maximum atomic E-state index is 9.94. The van der Waals surface area contributed by atoms with Crippen molar-refractivity contribution in [3.63, 3.8) is 0 Å². The minimum atomic E-state index is -0.731. The molecule has 0 aromatic carbocycles. The Morgan fingerprint density at radius 2 is 2.32 bits per heavy atom. The maximum absolute atomic E-state index is 9.94. The number of nitrogens with zero attached hydrogens (tertiary/aromatic N) is 3. The van der Waals surface area contributed by atoms with Crippen LogP contribution in [0.4, 0.5) is 0 Å². The fourth-order valence-electron chi connectivity index (χ4n) is 1.42. The second kappa shape index (κ2) is 8.36. The van der Waals surface area contributed by atoms with Gasteiger partial charge in [0.05, 0.1) is 12.1 Å². The average Bonchev–Trinajstić information content (AvgIpc) is 2.82. The van der Waals surface area contributed by atoms with Gasteiger partial charge >= 0.3 is 0 Å². The fraction of sp³-hybridized carbons (Fsp3) is 0.667. The third-order valence-electron chi connectivity index (χ3n) is 2.85. The summed E-state index contributed by atoms with van der Waals surface area (Å²) in [5.74, 6) is 0.715. The molecule has 1 atom stereocenters. The second-order valence-corrected chi connectivity index (χ2v) is 4.60. The van der Waals surface area contributed by atoms with Gasteiger partial charge in [-0.2, -0.15) is 0 Å². The van der Waals surface area contributed by atoms with Crippen LogP contribution in [0.1, 0.15) is 26.0 Å². The monoisotopic (exact) mass is 382 g/mol. The fourth-order valence-corrected chi connectivity index (χ4v) is 1.42. The van der Waals surface area contributed by atoms with Gasteiger partial charge in [0.25, 0.3) is 0 Å². The lowest BCUT2D eigenvalue weighted by Crippen LogP contribution is -2.45. The van der Waals surface area contributed by atoms with E-state index in [0.29, 0.717) is 25.5 Å². The highest BCUT2D eigenvalue weighted by atomic mass is 127. The number of aliphatic imine (C=N–C) groups is 1. The molecule has 7 heteroatoms. The quantitative estimate of drug-likeness (QED) is 0.458. The van der Waals surface area contributed by atoms with Gasteiger partial charge in [-0.15, -0.1) is 24.0 Å². The summed E-state index contributed by atoms with van der Waals surface area (Å²) in [5.41, 5.74) is 0.104. The number of hydrogen-bond acceptors (Lipinski definition) is 4. The van der Waals surface area contributed by atoms with Crippen molar-refractivity contribution in [2.45, 2.75) is 32.4 Å². The summed E-state index contributed by atoms with van der Waals surface area (Å²) >= 11 is 0. The number of nitrogens with one attached hydrogen (secondary N) is 1. The zero-order valence-electron chi connectivity index (χ0n) is 11.9. The van der Waals surface area contributed by atoms with E-state index in [9.17, 15) is 5.11 Å². The van der Waals surface area contributed by atoms with Crippen LogP contribution in [0.3, 0.4) is 0 Å². The molecular weight excluding hydrogens is 359 g/mol. The van der Waals surface area contributed by atoms with E-state index >= 15 is 0 Å². The van der Waals surface area contributed by atoms with Crippen molar-refractivity contribution in [2.75, 3.05) is 20.6 Å². The number of aromatic nitrogens is 1. The van der Waals surface area contributed by atoms with Crippen molar-refractivity contribution in [3.05, 3.63) is 18.0 Å². The lowest BCUT2D eigenvalue weighted by Gasteiger charge is -2.26. The molecule has 1 heterocycles. The van der Waals surface area contributed by atoms with Crippen LogP contribution in [0.15, 0.2) is 21.8 Å². The molecule has 0 fully saturated rings. The highest BCUT2D eigenvalue weighted by molar-refractivity contribution is 14.0.